The Labute approximate surface area is 140 Å². The number of benzene rings is 2. The average Bonchev–Trinajstić information content (AvgIpc) is 2.54. The normalized spacial score (nSPS) is 10.6. The van der Waals surface area contributed by atoms with E-state index in [1.54, 1.807) is 6.07 Å². The predicted octanol–water partition coefficient (Wildman–Crippen LogP) is 3.38. The van der Waals surface area contributed by atoms with E-state index < -0.39 is 23.3 Å². The maximum Gasteiger partial charge on any atom is 0.270 e. The quantitative estimate of drug-likeness (QED) is 0.490. The van der Waals surface area contributed by atoms with E-state index in [1.807, 2.05) is 0 Å². The second-order valence-electron chi connectivity index (χ2n) is 4.53. The lowest BCUT2D eigenvalue weighted by Gasteiger charge is -2.06. The summed E-state index contributed by atoms with van der Waals surface area (Å²) < 4.78 is 12.9. The maximum atomic E-state index is 12.9. The van der Waals surface area contributed by atoms with Gasteiger partial charge in [-0.2, -0.15) is 0 Å². The van der Waals surface area contributed by atoms with Gasteiger partial charge < -0.3 is 10.2 Å². The van der Waals surface area contributed by atoms with E-state index in [0.29, 0.717) is 5.56 Å². The summed E-state index contributed by atoms with van der Waals surface area (Å²) in [7, 11) is 0. The molecule has 0 aromatic heterocycles. The summed E-state index contributed by atoms with van der Waals surface area (Å²) >= 11 is 5.78. The maximum absolute atomic E-state index is 12.9. The van der Waals surface area contributed by atoms with Crippen molar-refractivity contribution in [2.24, 2.45) is 5.16 Å². The average molecular weight is 352 g/mol. The lowest BCUT2D eigenvalue weighted by molar-refractivity contribution is -0.384. The molecular weight excluding hydrogens is 341 g/mol. The van der Waals surface area contributed by atoms with Gasteiger partial charge in [-0.05, 0) is 18.2 Å². The minimum atomic E-state index is -0.542. The number of nitrogens with one attached hydrogen (secondary N) is 1. The number of nitro benzene ring substituents is 1. The number of nitrogens with zero attached hydrogens (tertiary/aromatic N) is 2. The van der Waals surface area contributed by atoms with Crippen molar-refractivity contribution in [1.29, 1.82) is 0 Å². The van der Waals surface area contributed by atoms with Crippen molar-refractivity contribution in [3.05, 3.63) is 69.0 Å². The summed E-state index contributed by atoms with van der Waals surface area (Å²) in [6.45, 7) is -0.404. The minimum Gasteiger partial charge on any atom is -0.386 e. The van der Waals surface area contributed by atoms with Crippen LogP contribution in [0.15, 0.2) is 47.6 Å². The number of halogens is 2. The Hall–Kier alpha value is -3.00. The second kappa shape index (κ2) is 8.02. The smallest absolute Gasteiger partial charge is 0.270 e. The molecule has 0 aliphatic heterocycles. The number of oxime groups is 1. The molecule has 2 aromatic rings. The molecule has 2 aromatic carbocycles. The number of carbonyl (C=O) groups excluding carboxylic acids is 1. The van der Waals surface area contributed by atoms with E-state index in [0.717, 1.165) is 12.1 Å². The van der Waals surface area contributed by atoms with Gasteiger partial charge >= 0.3 is 0 Å². The summed E-state index contributed by atoms with van der Waals surface area (Å²) in [5.41, 5.74) is 0.614. The van der Waals surface area contributed by atoms with Crippen LogP contribution in [0.1, 0.15) is 5.56 Å². The molecule has 9 heteroatoms. The molecule has 0 atom stereocenters. The molecule has 24 heavy (non-hydrogen) atoms. The Morgan fingerprint density at radius 1 is 1.38 bits per heavy atom. The van der Waals surface area contributed by atoms with Gasteiger partial charge in [-0.3, -0.25) is 14.9 Å². The van der Waals surface area contributed by atoms with Crippen LogP contribution in [0.3, 0.4) is 0 Å². The molecule has 0 aliphatic rings. The fraction of sp³-hybridized carbons (Fsp3) is 0.0667. The molecule has 0 radical (unpaired) electrons. The molecule has 0 heterocycles. The molecule has 0 spiro atoms. The van der Waals surface area contributed by atoms with Gasteiger partial charge in [-0.15, -0.1) is 0 Å². The topological polar surface area (TPSA) is 93.8 Å². The molecule has 0 unspecified atom stereocenters. The van der Waals surface area contributed by atoms with Crippen LogP contribution in [-0.2, 0) is 9.63 Å². The number of amides is 1. The number of carbonyl (C=O) groups is 1. The van der Waals surface area contributed by atoms with E-state index in [2.05, 4.69) is 10.5 Å². The molecule has 0 saturated carbocycles. The Morgan fingerprint density at radius 3 is 2.88 bits per heavy atom. The van der Waals surface area contributed by atoms with Gasteiger partial charge in [0, 0.05) is 17.7 Å². The monoisotopic (exact) mass is 351 g/mol. The zero-order valence-corrected chi connectivity index (χ0v) is 12.9. The van der Waals surface area contributed by atoms with Gasteiger partial charge in [0.2, 0.25) is 0 Å². The van der Waals surface area contributed by atoms with Crippen LogP contribution in [0.2, 0.25) is 5.02 Å². The molecule has 1 N–H and O–H groups in total. The minimum absolute atomic E-state index is 0.0587. The molecule has 0 bridgehead atoms. The molecule has 2 rings (SSSR count). The second-order valence-corrected chi connectivity index (χ2v) is 4.94. The Kier molecular flexibility index (Phi) is 5.80. The first kappa shape index (κ1) is 17.4. The molecular formula is C15H11ClFN3O4. The zero-order chi connectivity index (χ0) is 17.5. The van der Waals surface area contributed by atoms with E-state index in [4.69, 9.17) is 16.4 Å². The highest BCUT2D eigenvalue weighted by molar-refractivity contribution is 6.33. The number of non-ortho nitro benzene ring substituents is 1. The SMILES string of the molecule is O=C(CO/N=C/c1cccc([N+](=O)[O-])c1)Nc1ccc(F)cc1Cl. The Morgan fingerprint density at radius 2 is 2.17 bits per heavy atom. The lowest BCUT2D eigenvalue weighted by atomic mass is 10.2. The number of rotatable bonds is 6. The highest BCUT2D eigenvalue weighted by atomic mass is 35.5. The first-order valence-corrected chi connectivity index (χ1v) is 6.98. The molecule has 1 amide bonds. The van der Waals surface area contributed by atoms with E-state index in [-0.39, 0.29) is 16.4 Å². The third-order valence-electron chi connectivity index (χ3n) is 2.76. The first-order valence-electron chi connectivity index (χ1n) is 6.60. The van der Waals surface area contributed by atoms with Crippen molar-refractivity contribution in [2.75, 3.05) is 11.9 Å². The summed E-state index contributed by atoms with van der Waals surface area (Å²) in [6.07, 6.45) is 1.24. The lowest BCUT2D eigenvalue weighted by Crippen LogP contribution is -2.17. The van der Waals surface area contributed by atoms with Gasteiger partial charge in [-0.25, -0.2) is 4.39 Å². The fourth-order valence-electron chi connectivity index (χ4n) is 1.69. The Bertz CT molecular complexity index is 798. The fourth-order valence-corrected chi connectivity index (χ4v) is 1.90. The van der Waals surface area contributed by atoms with E-state index in [9.17, 15) is 19.3 Å². The molecule has 0 aliphatic carbocycles. The number of anilines is 1. The third kappa shape index (κ3) is 5.03. The summed E-state index contributed by atoms with van der Waals surface area (Å²) in [4.78, 5) is 26.6. The van der Waals surface area contributed by atoms with Crippen molar-refractivity contribution in [3.8, 4) is 0 Å². The molecule has 124 valence electrons. The highest BCUT2D eigenvalue weighted by Crippen LogP contribution is 2.22. The summed E-state index contributed by atoms with van der Waals surface area (Å²) in [5.74, 6) is -1.06. The number of hydrogen-bond donors (Lipinski definition) is 1. The van der Waals surface area contributed by atoms with Crippen LogP contribution < -0.4 is 5.32 Å². The van der Waals surface area contributed by atoms with Crippen LogP contribution in [0.4, 0.5) is 15.8 Å². The van der Waals surface area contributed by atoms with Gasteiger partial charge in [0.1, 0.15) is 5.82 Å². The number of nitro groups is 1. The van der Waals surface area contributed by atoms with Gasteiger partial charge in [0.25, 0.3) is 11.6 Å². The van der Waals surface area contributed by atoms with Crippen molar-refractivity contribution in [1.82, 2.24) is 0 Å². The largest absolute Gasteiger partial charge is 0.386 e. The van der Waals surface area contributed by atoms with E-state index in [1.165, 1.54) is 30.5 Å². The van der Waals surface area contributed by atoms with Crippen molar-refractivity contribution >= 4 is 35.1 Å². The van der Waals surface area contributed by atoms with Gasteiger partial charge in [0.15, 0.2) is 6.61 Å². The van der Waals surface area contributed by atoms with Gasteiger partial charge in [-0.1, -0.05) is 28.9 Å². The zero-order valence-electron chi connectivity index (χ0n) is 12.1. The standard InChI is InChI=1S/C15H11ClFN3O4/c16-13-7-11(17)4-5-14(13)19-15(21)9-24-18-8-10-2-1-3-12(6-10)20(22)23/h1-8H,9H2,(H,19,21)/b18-8+. The van der Waals surface area contributed by atoms with Crippen LogP contribution in [0.25, 0.3) is 0 Å². The Balaban J connectivity index is 1.86. The highest BCUT2D eigenvalue weighted by Gasteiger charge is 2.07. The van der Waals surface area contributed by atoms with Crippen molar-refractivity contribution in [2.45, 2.75) is 0 Å². The van der Waals surface area contributed by atoms with Crippen LogP contribution in [0.5, 0.6) is 0 Å². The summed E-state index contributed by atoms with van der Waals surface area (Å²) in [5, 5.41) is 16.7. The first-order chi connectivity index (χ1) is 11.5. The molecule has 0 fully saturated rings. The van der Waals surface area contributed by atoms with E-state index >= 15 is 0 Å². The summed E-state index contributed by atoms with van der Waals surface area (Å²) in [6, 6.07) is 9.30. The predicted molar refractivity (Wildman–Crippen MR) is 86.7 cm³/mol. The molecule has 7 nitrogen and oxygen atoms in total. The van der Waals surface area contributed by atoms with Crippen LogP contribution in [-0.4, -0.2) is 23.7 Å². The van der Waals surface area contributed by atoms with Crippen LogP contribution in [0, 0.1) is 15.9 Å². The van der Waals surface area contributed by atoms with Crippen LogP contribution >= 0.6 is 11.6 Å². The van der Waals surface area contributed by atoms with Crippen molar-refractivity contribution < 1.29 is 18.9 Å². The molecule has 0 saturated heterocycles. The van der Waals surface area contributed by atoms with Gasteiger partial charge in [0.05, 0.1) is 21.8 Å². The third-order valence-corrected chi connectivity index (χ3v) is 3.07. The number of hydrogen-bond acceptors (Lipinski definition) is 5. The van der Waals surface area contributed by atoms with Crippen molar-refractivity contribution in [3.63, 3.8) is 0 Å².